The maximum atomic E-state index is 12.1. The molecule has 9 heteroatoms. The Labute approximate surface area is 153 Å². The summed E-state index contributed by atoms with van der Waals surface area (Å²) in [6, 6.07) is 5.97. The number of hydrogen-bond donors (Lipinski definition) is 4. The minimum atomic E-state index is -0.606. The van der Waals surface area contributed by atoms with Crippen LogP contribution in [0.1, 0.15) is 27.0 Å². The van der Waals surface area contributed by atoms with E-state index in [1.54, 1.807) is 0 Å². The number of hydrogen-bond acceptors (Lipinski definition) is 7. The summed E-state index contributed by atoms with van der Waals surface area (Å²) in [5.74, 6) is -0.0868. The summed E-state index contributed by atoms with van der Waals surface area (Å²) in [4.78, 5) is 37.1. The van der Waals surface area contributed by atoms with Crippen molar-refractivity contribution in [1.29, 1.82) is 0 Å². The first kappa shape index (κ1) is 16.8. The third-order valence-electron chi connectivity index (χ3n) is 4.89. The van der Waals surface area contributed by atoms with E-state index in [-0.39, 0.29) is 17.4 Å². The van der Waals surface area contributed by atoms with E-state index in [0.717, 1.165) is 17.5 Å². The highest BCUT2D eigenvalue weighted by molar-refractivity contribution is 5.98. The van der Waals surface area contributed by atoms with E-state index in [1.165, 1.54) is 11.8 Å². The van der Waals surface area contributed by atoms with Gasteiger partial charge in [0.1, 0.15) is 22.8 Å². The van der Waals surface area contributed by atoms with Gasteiger partial charge in [0.15, 0.2) is 0 Å². The molecule has 1 aliphatic heterocycles. The molecule has 9 nitrogen and oxygen atoms in total. The summed E-state index contributed by atoms with van der Waals surface area (Å²) in [5.41, 5.74) is 14.0. The van der Waals surface area contributed by atoms with Crippen molar-refractivity contribution in [3.63, 3.8) is 0 Å². The second kappa shape index (κ2) is 6.27. The topological polar surface area (TPSA) is 147 Å². The van der Waals surface area contributed by atoms with Crippen LogP contribution in [0.2, 0.25) is 0 Å². The van der Waals surface area contributed by atoms with Crippen molar-refractivity contribution in [2.45, 2.75) is 19.5 Å². The Morgan fingerprint density at radius 1 is 1.22 bits per heavy atom. The third kappa shape index (κ3) is 2.82. The van der Waals surface area contributed by atoms with Gasteiger partial charge >= 0.3 is 0 Å². The van der Waals surface area contributed by atoms with Gasteiger partial charge in [-0.1, -0.05) is 18.2 Å². The Bertz CT molecular complexity index is 1110. The molecule has 3 aromatic rings. The van der Waals surface area contributed by atoms with Gasteiger partial charge in [-0.2, -0.15) is 5.10 Å². The van der Waals surface area contributed by atoms with Crippen LogP contribution in [0.15, 0.2) is 34.0 Å². The van der Waals surface area contributed by atoms with Crippen LogP contribution in [0.3, 0.4) is 0 Å². The van der Waals surface area contributed by atoms with Crippen LogP contribution in [-0.4, -0.2) is 22.6 Å². The standard InChI is InChI=1S/C18H18N6O3/c19-13-14(16(26)15(13)25)24-4-3-10-2-1-9(5-11(10)8-24)6-21-18(27)12-7-22-23-17(12)20/h1-2,5,7H,3-4,6,8,19H2,(H,21,27)(H3,20,22,23). The molecule has 0 spiro atoms. The summed E-state index contributed by atoms with van der Waals surface area (Å²) < 4.78 is 0. The number of amides is 1. The minimum absolute atomic E-state index is 0.0459. The Morgan fingerprint density at radius 2 is 2.04 bits per heavy atom. The lowest BCUT2D eigenvalue weighted by Gasteiger charge is -2.32. The van der Waals surface area contributed by atoms with E-state index in [0.29, 0.717) is 30.9 Å². The fourth-order valence-electron chi connectivity index (χ4n) is 3.38. The molecule has 1 aliphatic rings. The smallest absolute Gasteiger partial charge is 0.256 e. The van der Waals surface area contributed by atoms with Gasteiger partial charge in [-0.05, 0) is 23.1 Å². The van der Waals surface area contributed by atoms with E-state index in [4.69, 9.17) is 11.5 Å². The van der Waals surface area contributed by atoms with Gasteiger partial charge in [-0.15, -0.1) is 0 Å². The van der Waals surface area contributed by atoms with Crippen molar-refractivity contribution >= 4 is 23.1 Å². The first-order valence-corrected chi connectivity index (χ1v) is 8.47. The molecular formula is C18H18N6O3. The number of rotatable bonds is 4. The molecule has 1 aromatic heterocycles. The van der Waals surface area contributed by atoms with Crippen LogP contribution >= 0.6 is 0 Å². The molecule has 0 radical (unpaired) electrons. The number of carbonyl (C=O) groups is 1. The van der Waals surface area contributed by atoms with Crippen molar-refractivity contribution in [2.75, 3.05) is 22.9 Å². The molecule has 0 saturated heterocycles. The Balaban J connectivity index is 1.48. The number of carbonyl (C=O) groups excluding carboxylic acids is 1. The van der Waals surface area contributed by atoms with E-state index >= 15 is 0 Å². The summed E-state index contributed by atoms with van der Waals surface area (Å²) in [5, 5.41) is 9.05. The van der Waals surface area contributed by atoms with Crippen molar-refractivity contribution in [1.82, 2.24) is 15.5 Å². The molecule has 138 valence electrons. The number of aromatic amines is 1. The molecule has 0 bridgehead atoms. The maximum Gasteiger partial charge on any atom is 0.256 e. The van der Waals surface area contributed by atoms with Gasteiger partial charge in [0.25, 0.3) is 16.8 Å². The fourth-order valence-corrected chi connectivity index (χ4v) is 3.38. The van der Waals surface area contributed by atoms with Gasteiger partial charge < -0.3 is 21.7 Å². The first-order chi connectivity index (χ1) is 13.0. The Morgan fingerprint density at radius 3 is 2.74 bits per heavy atom. The third-order valence-corrected chi connectivity index (χ3v) is 4.89. The largest absolute Gasteiger partial charge is 0.394 e. The van der Waals surface area contributed by atoms with Crippen molar-refractivity contribution in [3.05, 3.63) is 67.1 Å². The van der Waals surface area contributed by atoms with E-state index in [9.17, 15) is 14.4 Å². The number of anilines is 3. The quantitative estimate of drug-likeness (QED) is 0.462. The second-order valence-electron chi connectivity index (χ2n) is 6.58. The average molecular weight is 366 g/mol. The molecule has 27 heavy (non-hydrogen) atoms. The Kier molecular flexibility index (Phi) is 3.91. The molecule has 0 saturated carbocycles. The van der Waals surface area contributed by atoms with Crippen LogP contribution in [0.4, 0.5) is 17.2 Å². The zero-order chi connectivity index (χ0) is 19.1. The monoisotopic (exact) mass is 366 g/mol. The molecular weight excluding hydrogens is 348 g/mol. The predicted octanol–water partition coefficient (Wildman–Crippen LogP) is -0.337. The van der Waals surface area contributed by atoms with Crippen molar-refractivity contribution < 1.29 is 4.79 Å². The number of benzene rings is 1. The molecule has 2 aromatic carbocycles. The SMILES string of the molecule is Nc1[nH]ncc1C(=O)NCc1ccc2c(c1)CN(c1c(N)c(=O)c1=O)CC2. The molecule has 0 unspecified atom stereocenters. The maximum absolute atomic E-state index is 12.1. The summed E-state index contributed by atoms with van der Waals surface area (Å²) >= 11 is 0. The lowest BCUT2D eigenvalue weighted by molar-refractivity contribution is 0.0952. The van der Waals surface area contributed by atoms with Crippen molar-refractivity contribution in [2.24, 2.45) is 0 Å². The number of nitrogen functional groups attached to an aromatic ring is 2. The highest BCUT2D eigenvalue weighted by Gasteiger charge is 2.26. The van der Waals surface area contributed by atoms with Gasteiger partial charge in [0, 0.05) is 19.6 Å². The minimum Gasteiger partial charge on any atom is -0.394 e. The summed E-state index contributed by atoms with van der Waals surface area (Å²) in [6.45, 7) is 1.47. The molecule has 2 heterocycles. The normalized spacial score (nSPS) is 13.6. The fraction of sp³-hybridized carbons (Fsp3) is 0.222. The van der Waals surface area contributed by atoms with Gasteiger partial charge in [0.2, 0.25) is 0 Å². The molecule has 4 rings (SSSR count). The lowest BCUT2D eigenvalue weighted by Crippen LogP contribution is -2.44. The number of H-pyrrole nitrogens is 1. The van der Waals surface area contributed by atoms with E-state index in [2.05, 4.69) is 15.5 Å². The molecule has 6 N–H and O–H groups in total. The second-order valence-corrected chi connectivity index (χ2v) is 6.58. The summed E-state index contributed by atoms with van der Waals surface area (Å²) in [7, 11) is 0. The van der Waals surface area contributed by atoms with Gasteiger partial charge in [0.05, 0.1) is 6.20 Å². The summed E-state index contributed by atoms with van der Waals surface area (Å²) in [6.07, 6.45) is 2.14. The van der Waals surface area contributed by atoms with E-state index in [1.807, 2.05) is 23.1 Å². The lowest BCUT2D eigenvalue weighted by atomic mass is 9.96. The number of nitrogens with two attached hydrogens (primary N) is 2. The number of aromatic nitrogens is 2. The van der Waals surface area contributed by atoms with Crippen LogP contribution in [0.25, 0.3) is 0 Å². The number of nitrogens with zero attached hydrogens (tertiary/aromatic N) is 2. The molecule has 1 amide bonds. The molecule has 0 aliphatic carbocycles. The van der Waals surface area contributed by atoms with Crippen LogP contribution in [0, 0.1) is 0 Å². The first-order valence-electron chi connectivity index (χ1n) is 8.47. The Hall–Kier alpha value is -3.62. The van der Waals surface area contributed by atoms with Crippen LogP contribution < -0.4 is 32.5 Å². The van der Waals surface area contributed by atoms with Gasteiger partial charge in [-0.3, -0.25) is 19.5 Å². The number of fused-ring (bicyclic) bond motifs is 1. The number of nitrogens with one attached hydrogen (secondary N) is 2. The molecule has 0 atom stereocenters. The zero-order valence-electron chi connectivity index (χ0n) is 14.4. The van der Waals surface area contributed by atoms with Gasteiger partial charge in [-0.25, -0.2) is 0 Å². The van der Waals surface area contributed by atoms with Crippen LogP contribution in [-0.2, 0) is 19.5 Å². The van der Waals surface area contributed by atoms with E-state index < -0.39 is 10.9 Å². The predicted molar refractivity (Wildman–Crippen MR) is 101 cm³/mol. The zero-order valence-corrected chi connectivity index (χ0v) is 14.4. The molecule has 0 fully saturated rings. The highest BCUT2D eigenvalue weighted by atomic mass is 16.2. The van der Waals surface area contributed by atoms with Crippen molar-refractivity contribution in [3.8, 4) is 0 Å². The highest BCUT2D eigenvalue weighted by Crippen LogP contribution is 2.26. The van der Waals surface area contributed by atoms with Crippen LogP contribution in [0.5, 0.6) is 0 Å². The average Bonchev–Trinajstić information content (AvgIpc) is 3.11.